The second kappa shape index (κ2) is 7.42. The number of carboxylic acids is 1. The Labute approximate surface area is 106 Å². The molecule has 1 aromatic heterocycles. The number of carbonyl (C=O) groups excluding carboxylic acids is 1. The molecule has 0 aromatic carbocycles. The molecule has 0 saturated carbocycles. The molecule has 1 aromatic rings. The molecule has 1 amide bonds. The SMILES string of the molecule is CC(CCCC(=O)Nc1ccccn1)CC(=O)O. The van der Waals surface area contributed by atoms with E-state index < -0.39 is 5.97 Å². The number of pyridine rings is 1. The molecule has 0 aliphatic rings. The average molecular weight is 250 g/mol. The summed E-state index contributed by atoms with van der Waals surface area (Å²) in [4.78, 5) is 26.0. The van der Waals surface area contributed by atoms with Crippen molar-refractivity contribution >= 4 is 17.7 Å². The van der Waals surface area contributed by atoms with Crippen molar-refractivity contribution in [3.63, 3.8) is 0 Å². The van der Waals surface area contributed by atoms with Gasteiger partial charge in [-0.05, 0) is 30.9 Å². The molecule has 1 heterocycles. The van der Waals surface area contributed by atoms with E-state index in [-0.39, 0.29) is 18.2 Å². The van der Waals surface area contributed by atoms with Gasteiger partial charge >= 0.3 is 5.97 Å². The lowest BCUT2D eigenvalue weighted by molar-refractivity contribution is -0.138. The van der Waals surface area contributed by atoms with Gasteiger partial charge in [0.1, 0.15) is 5.82 Å². The Morgan fingerprint density at radius 1 is 1.44 bits per heavy atom. The van der Waals surface area contributed by atoms with E-state index in [1.165, 1.54) is 0 Å². The fourth-order valence-corrected chi connectivity index (χ4v) is 1.65. The number of amides is 1. The summed E-state index contributed by atoms with van der Waals surface area (Å²) in [5.74, 6) is -0.233. The first-order valence-corrected chi connectivity index (χ1v) is 6.00. The van der Waals surface area contributed by atoms with Crippen molar-refractivity contribution in [2.45, 2.75) is 32.6 Å². The number of hydrogen-bond acceptors (Lipinski definition) is 3. The zero-order valence-corrected chi connectivity index (χ0v) is 10.4. The van der Waals surface area contributed by atoms with Crippen LogP contribution in [0.2, 0.25) is 0 Å². The van der Waals surface area contributed by atoms with Gasteiger partial charge in [-0.15, -0.1) is 0 Å². The van der Waals surface area contributed by atoms with E-state index in [9.17, 15) is 9.59 Å². The minimum atomic E-state index is -0.791. The molecule has 5 nitrogen and oxygen atoms in total. The van der Waals surface area contributed by atoms with Gasteiger partial charge in [0.2, 0.25) is 5.91 Å². The van der Waals surface area contributed by atoms with E-state index in [0.717, 1.165) is 6.42 Å². The maximum absolute atomic E-state index is 11.5. The van der Waals surface area contributed by atoms with Crippen LogP contribution in [0.15, 0.2) is 24.4 Å². The summed E-state index contributed by atoms with van der Waals surface area (Å²) in [7, 11) is 0. The number of rotatable bonds is 7. The van der Waals surface area contributed by atoms with E-state index in [1.807, 2.05) is 6.92 Å². The lowest BCUT2D eigenvalue weighted by Gasteiger charge is -2.08. The van der Waals surface area contributed by atoms with Crippen molar-refractivity contribution in [2.24, 2.45) is 5.92 Å². The van der Waals surface area contributed by atoms with Crippen molar-refractivity contribution < 1.29 is 14.7 Å². The van der Waals surface area contributed by atoms with Gasteiger partial charge in [0, 0.05) is 19.0 Å². The molecular formula is C13H18N2O3. The largest absolute Gasteiger partial charge is 0.481 e. The molecule has 1 rings (SSSR count). The lowest BCUT2D eigenvalue weighted by Crippen LogP contribution is -2.13. The van der Waals surface area contributed by atoms with E-state index in [1.54, 1.807) is 24.4 Å². The summed E-state index contributed by atoms with van der Waals surface area (Å²) < 4.78 is 0. The molecule has 0 spiro atoms. The molecule has 0 aliphatic carbocycles. The number of nitrogens with one attached hydrogen (secondary N) is 1. The van der Waals surface area contributed by atoms with Crippen molar-refractivity contribution in [1.29, 1.82) is 0 Å². The van der Waals surface area contributed by atoms with Crippen LogP contribution in [-0.2, 0) is 9.59 Å². The Kier molecular flexibility index (Phi) is 5.84. The molecule has 18 heavy (non-hydrogen) atoms. The Balaban J connectivity index is 2.20. The quantitative estimate of drug-likeness (QED) is 0.778. The first-order chi connectivity index (χ1) is 8.58. The topological polar surface area (TPSA) is 79.3 Å². The summed E-state index contributed by atoms with van der Waals surface area (Å²) in [6.07, 6.45) is 3.59. The molecule has 2 N–H and O–H groups in total. The van der Waals surface area contributed by atoms with Gasteiger partial charge in [-0.25, -0.2) is 4.98 Å². The van der Waals surface area contributed by atoms with Crippen LogP contribution in [0.25, 0.3) is 0 Å². The van der Waals surface area contributed by atoms with Crippen LogP contribution in [0.4, 0.5) is 5.82 Å². The van der Waals surface area contributed by atoms with E-state index in [0.29, 0.717) is 18.7 Å². The van der Waals surface area contributed by atoms with Crippen LogP contribution in [0.5, 0.6) is 0 Å². The van der Waals surface area contributed by atoms with Gasteiger partial charge in [0.05, 0.1) is 0 Å². The Bertz CT molecular complexity index is 392. The molecule has 0 saturated heterocycles. The van der Waals surface area contributed by atoms with E-state index in [4.69, 9.17) is 5.11 Å². The number of nitrogens with zero attached hydrogens (tertiary/aromatic N) is 1. The Morgan fingerprint density at radius 2 is 2.22 bits per heavy atom. The second-order valence-corrected chi connectivity index (χ2v) is 4.36. The first kappa shape index (κ1) is 14.2. The van der Waals surface area contributed by atoms with Gasteiger partial charge in [0.25, 0.3) is 0 Å². The standard InChI is InChI=1S/C13H18N2O3/c1-10(9-13(17)18)5-4-7-12(16)15-11-6-2-3-8-14-11/h2-3,6,8,10H,4-5,7,9H2,1H3,(H,17,18)(H,14,15,16). The smallest absolute Gasteiger partial charge is 0.303 e. The second-order valence-electron chi connectivity index (χ2n) is 4.36. The third-order valence-corrected chi connectivity index (χ3v) is 2.56. The van der Waals surface area contributed by atoms with Gasteiger partial charge < -0.3 is 10.4 Å². The van der Waals surface area contributed by atoms with Crippen LogP contribution < -0.4 is 5.32 Å². The van der Waals surface area contributed by atoms with Crippen LogP contribution in [0.3, 0.4) is 0 Å². The third kappa shape index (κ3) is 5.98. The van der Waals surface area contributed by atoms with Gasteiger partial charge in [0.15, 0.2) is 0 Å². The van der Waals surface area contributed by atoms with Crippen LogP contribution >= 0.6 is 0 Å². The highest BCUT2D eigenvalue weighted by molar-refractivity contribution is 5.89. The molecule has 98 valence electrons. The number of hydrogen-bond donors (Lipinski definition) is 2. The monoisotopic (exact) mass is 250 g/mol. The lowest BCUT2D eigenvalue weighted by atomic mass is 10.0. The molecule has 0 radical (unpaired) electrons. The number of anilines is 1. The minimum Gasteiger partial charge on any atom is -0.481 e. The average Bonchev–Trinajstić information content (AvgIpc) is 2.29. The maximum atomic E-state index is 11.5. The zero-order valence-electron chi connectivity index (χ0n) is 10.4. The summed E-state index contributed by atoms with van der Waals surface area (Å²) in [5.41, 5.74) is 0. The Hall–Kier alpha value is -1.91. The molecule has 5 heteroatoms. The van der Waals surface area contributed by atoms with Crippen molar-refractivity contribution in [2.75, 3.05) is 5.32 Å². The third-order valence-electron chi connectivity index (χ3n) is 2.56. The number of carboxylic acid groups (broad SMARTS) is 1. The fourth-order valence-electron chi connectivity index (χ4n) is 1.65. The summed E-state index contributed by atoms with van der Waals surface area (Å²) in [5, 5.41) is 11.3. The summed E-state index contributed by atoms with van der Waals surface area (Å²) in [6.45, 7) is 1.88. The predicted octanol–water partition coefficient (Wildman–Crippen LogP) is 2.30. The highest BCUT2D eigenvalue weighted by Crippen LogP contribution is 2.12. The van der Waals surface area contributed by atoms with Crippen LogP contribution in [0.1, 0.15) is 32.6 Å². The van der Waals surface area contributed by atoms with Crippen molar-refractivity contribution in [3.05, 3.63) is 24.4 Å². The number of aliphatic carboxylic acids is 1. The molecule has 0 aliphatic heterocycles. The maximum Gasteiger partial charge on any atom is 0.303 e. The fraction of sp³-hybridized carbons (Fsp3) is 0.462. The highest BCUT2D eigenvalue weighted by Gasteiger charge is 2.09. The predicted molar refractivity (Wildman–Crippen MR) is 68.1 cm³/mol. The van der Waals surface area contributed by atoms with Crippen molar-refractivity contribution in [3.8, 4) is 0 Å². The van der Waals surface area contributed by atoms with Gasteiger partial charge in [-0.1, -0.05) is 13.0 Å². The zero-order chi connectivity index (χ0) is 13.4. The van der Waals surface area contributed by atoms with Crippen LogP contribution in [-0.4, -0.2) is 22.0 Å². The molecule has 0 fully saturated rings. The van der Waals surface area contributed by atoms with E-state index in [2.05, 4.69) is 10.3 Å². The van der Waals surface area contributed by atoms with Crippen molar-refractivity contribution in [1.82, 2.24) is 4.98 Å². The summed E-state index contributed by atoms with van der Waals surface area (Å²) >= 11 is 0. The minimum absolute atomic E-state index is 0.0868. The number of carbonyl (C=O) groups is 2. The Morgan fingerprint density at radius 3 is 2.83 bits per heavy atom. The van der Waals surface area contributed by atoms with Gasteiger partial charge in [-0.3, -0.25) is 9.59 Å². The van der Waals surface area contributed by atoms with E-state index >= 15 is 0 Å². The molecule has 1 unspecified atom stereocenters. The highest BCUT2D eigenvalue weighted by atomic mass is 16.4. The summed E-state index contributed by atoms with van der Waals surface area (Å²) in [6, 6.07) is 5.31. The molecule has 1 atom stereocenters. The normalized spacial score (nSPS) is 11.8. The molecule has 0 bridgehead atoms. The van der Waals surface area contributed by atoms with Crippen LogP contribution in [0, 0.1) is 5.92 Å². The van der Waals surface area contributed by atoms with Gasteiger partial charge in [-0.2, -0.15) is 0 Å². The molecular weight excluding hydrogens is 232 g/mol. The first-order valence-electron chi connectivity index (χ1n) is 6.00. The number of aromatic nitrogens is 1.